The van der Waals surface area contributed by atoms with Crippen LogP contribution in [-0.4, -0.2) is 7.11 Å². The van der Waals surface area contributed by atoms with Gasteiger partial charge in [0, 0.05) is 0 Å². The van der Waals surface area contributed by atoms with Gasteiger partial charge < -0.3 is 4.74 Å². The van der Waals surface area contributed by atoms with E-state index in [1.165, 1.54) is 6.08 Å². The van der Waals surface area contributed by atoms with Crippen LogP contribution >= 0.6 is 0 Å². The van der Waals surface area contributed by atoms with E-state index in [-0.39, 0.29) is 0 Å². The van der Waals surface area contributed by atoms with Crippen molar-refractivity contribution in [3.05, 3.63) is 35.9 Å². The standard InChI is InChI=1S/C9H13FO/c1-5-9(11-4)7(2)6-8(3)10/h5-6H,3H2,1-2,4H3. The van der Waals surface area contributed by atoms with E-state index in [0.717, 1.165) is 5.57 Å². The minimum absolute atomic E-state index is 0.459. The van der Waals surface area contributed by atoms with Crippen LogP contribution in [0.2, 0.25) is 0 Å². The molecule has 0 rings (SSSR count). The summed E-state index contributed by atoms with van der Waals surface area (Å²) in [5.74, 6) is 0.211. The smallest absolute Gasteiger partial charge is 0.117 e. The average Bonchev–Trinajstić information content (AvgIpc) is 1.88. The van der Waals surface area contributed by atoms with E-state index in [0.29, 0.717) is 5.76 Å². The lowest BCUT2D eigenvalue weighted by atomic mass is 10.2. The Bertz CT molecular complexity index is 202. The van der Waals surface area contributed by atoms with Crippen molar-refractivity contribution in [2.75, 3.05) is 7.11 Å². The quantitative estimate of drug-likeness (QED) is 0.451. The first-order valence-electron chi connectivity index (χ1n) is 3.35. The maximum absolute atomic E-state index is 12.2. The molecule has 0 aromatic rings. The molecule has 0 saturated carbocycles. The number of hydrogen-bond acceptors (Lipinski definition) is 1. The molecule has 0 heterocycles. The molecule has 0 aromatic carbocycles. The number of ether oxygens (including phenoxy) is 1. The van der Waals surface area contributed by atoms with Gasteiger partial charge in [-0.1, -0.05) is 6.58 Å². The highest BCUT2D eigenvalue weighted by atomic mass is 19.1. The van der Waals surface area contributed by atoms with Crippen LogP contribution in [0, 0.1) is 0 Å². The summed E-state index contributed by atoms with van der Waals surface area (Å²) in [5, 5.41) is 0. The van der Waals surface area contributed by atoms with Crippen LogP contribution < -0.4 is 0 Å². The van der Waals surface area contributed by atoms with Crippen molar-refractivity contribution >= 4 is 0 Å². The van der Waals surface area contributed by atoms with Crippen molar-refractivity contribution in [3.63, 3.8) is 0 Å². The largest absolute Gasteiger partial charge is 0.497 e. The van der Waals surface area contributed by atoms with Gasteiger partial charge in [0.25, 0.3) is 0 Å². The lowest BCUT2D eigenvalue weighted by Crippen LogP contribution is -1.87. The van der Waals surface area contributed by atoms with Crippen molar-refractivity contribution in [1.82, 2.24) is 0 Å². The minimum atomic E-state index is -0.459. The fraction of sp³-hybridized carbons (Fsp3) is 0.333. The first-order valence-corrected chi connectivity index (χ1v) is 3.35. The van der Waals surface area contributed by atoms with Gasteiger partial charge in [-0.2, -0.15) is 0 Å². The van der Waals surface area contributed by atoms with Crippen LogP contribution in [0.25, 0.3) is 0 Å². The molecule has 0 aliphatic heterocycles. The zero-order chi connectivity index (χ0) is 8.85. The molecule has 0 atom stereocenters. The number of halogens is 1. The van der Waals surface area contributed by atoms with E-state index in [4.69, 9.17) is 4.74 Å². The van der Waals surface area contributed by atoms with Crippen LogP contribution in [0.3, 0.4) is 0 Å². The summed E-state index contributed by atoms with van der Waals surface area (Å²) in [7, 11) is 1.55. The van der Waals surface area contributed by atoms with E-state index in [9.17, 15) is 4.39 Å². The van der Waals surface area contributed by atoms with Crippen LogP contribution in [0.15, 0.2) is 35.9 Å². The Morgan fingerprint density at radius 2 is 2.09 bits per heavy atom. The van der Waals surface area contributed by atoms with Gasteiger partial charge in [0.15, 0.2) is 0 Å². The van der Waals surface area contributed by atoms with Gasteiger partial charge in [0.2, 0.25) is 0 Å². The van der Waals surface area contributed by atoms with Gasteiger partial charge in [-0.3, -0.25) is 0 Å². The van der Waals surface area contributed by atoms with Gasteiger partial charge in [0.05, 0.1) is 7.11 Å². The molecule has 0 spiro atoms. The molecule has 0 amide bonds. The predicted molar refractivity (Wildman–Crippen MR) is 44.8 cm³/mol. The average molecular weight is 156 g/mol. The molecule has 11 heavy (non-hydrogen) atoms. The first kappa shape index (κ1) is 9.95. The molecule has 1 nitrogen and oxygen atoms in total. The second kappa shape index (κ2) is 4.72. The summed E-state index contributed by atoms with van der Waals surface area (Å²) in [5.41, 5.74) is 0.738. The molecule has 0 aliphatic carbocycles. The molecule has 62 valence electrons. The number of methoxy groups -OCH3 is 1. The Morgan fingerprint density at radius 3 is 2.36 bits per heavy atom. The second-order valence-electron chi connectivity index (χ2n) is 2.13. The van der Waals surface area contributed by atoms with E-state index >= 15 is 0 Å². The molecule has 0 saturated heterocycles. The van der Waals surface area contributed by atoms with Gasteiger partial charge >= 0.3 is 0 Å². The third-order valence-electron chi connectivity index (χ3n) is 1.24. The van der Waals surface area contributed by atoms with E-state index in [2.05, 4.69) is 6.58 Å². The summed E-state index contributed by atoms with van der Waals surface area (Å²) >= 11 is 0. The molecule has 0 aromatic heterocycles. The molecule has 0 N–H and O–H groups in total. The molecule has 0 unspecified atom stereocenters. The molecule has 0 fully saturated rings. The Balaban J connectivity index is 4.45. The van der Waals surface area contributed by atoms with Crippen molar-refractivity contribution in [2.24, 2.45) is 0 Å². The van der Waals surface area contributed by atoms with Crippen LogP contribution in [0.4, 0.5) is 4.39 Å². The second-order valence-corrected chi connectivity index (χ2v) is 2.13. The summed E-state index contributed by atoms with van der Waals surface area (Å²) in [4.78, 5) is 0. The summed E-state index contributed by atoms with van der Waals surface area (Å²) in [6.45, 7) is 6.72. The fourth-order valence-corrected chi connectivity index (χ4v) is 0.813. The lowest BCUT2D eigenvalue weighted by molar-refractivity contribution is 0.300. The van der Waals surface area contributed by atoms with E-state index in [1.807, 2.05) is 6.92 Å². The Morgan fingerprint density at radius 1 is 1.55 bits per heavy atom. The molecule has 0 radical (unpaired) electrons. The van der Waals surface area contributed by atoms with Gasteiger partial charge in [-0.15, -0.1) is 0 Å². The SMILES string of the molecule is C=C(F)C=C(C)C(=CC)OC. The number of hydrogen-bond donors (Lipinski definition) is 0. The highest BCUT2D eigenvalue weighted by Crippen LogP contribution is 2.11. The topological polar surface area (TPSA) is 9.23 Å². The Kier molecular flexibility index (Phi) is 4.27. The Hall–Kier alpha value is -1.05. The first-order chi connectivity index (χ1) is 5.11. The molecular formula is C9H13FO. The van der Waals surface area contributed by atoms with Crippen molar-refractivity contribution < 1.29 is 9.13 Å². The van der Waals surface area contributed by atoms with Gasteiger partial charge in [-0.05, 0) is 31.6 Å². The van der Waals surface area contributed by atoms with Crippen LogP contribution in [0.5, 0.6) is 0 Å². The highest BCUT2D eigenvalue weighted by molar-refractivity contribution is 5.28. The fourth-order valence-electron chi connectivity index (χ4n) is 0.813. The summed E-state index contributed by atoms with van der Waals surface area (Å²) in [6, 6.07) is 0. The monoisotopic (exact) mass is 156 g/mol. The molecular weight excluding hydrogens is 143 g/mol. The Labute approximate surface area is 66.9 Å². The van der Waals surface area contributed by atoms with Gasteiger partial charge in [0.1, 0.15) is 11.6 Å². The summed E-state index contributed by atoms with van der Waals surface area (Å²) in [6.07, 6.45) is 3.10. The third-order valence-corrected chi connectivity index (χ3v) is 1.24. The van der Waals surface area contributed by atoms with Gasteiger partial charge in [-0.25, -0.2) is 4.39 Å². The van der Waals surface area contributed by atoms with Crippen molar-refractivity contribution in [1.29, 1.82) is 0 Å². The molecule has 0 bridgehead atoms. The van der Waals surface area contributed by atoms with Crippen molar-refractivity contribution in [3.8, 4) is 0 Å². The minimum Gasteiger partial charge on any atom is -0.497 e. The van der Waals surface area contributed by atoms with Crippen LogP contribution in [-0.2, 0) is 4.74 Å². The molecule has 2 heteroatoms. The van der Waals surface area contributed by atoms with Crippen LogP contribution in [0.1, 0.15) is 13.8 Å². The van der Waals surface area contributed by atoms with E-state index < -0.39 is 5.83 Å². The number of allylic oxidation sites excluding steroid dienone is 4. The highest BCUT2D eigenvalue weighted by Gasteiger charge is 1.96. The number of rotatable bonds is 3. The lowest BCUT2D eigenvalue weighted by Gasteiger charge is -2.03. The normalized spacial score (nSPS) is 13.1. The molecule has 0 aliphatic rings. The predicted octanol–water partition coefficient (Wildman–Crippen LogP) is 2.97. The summed E-state index contributed by atoms with van der Waals surface area (Å²) < 4.78 is 17.2. The maximum atomic E-state index is 12.2. The zero-order valence-electron chi connectivity index (χ0n) is 7.15. The zero-order valence-corrected chi connectivity index (χ0v) is 7.15. The van der Waals surface area contributed by atoms with Crippen molar-refractivity contribution in [2.45, 2.75) is 13.8 Å². The third kappa shape index (κ3) is 3.61. The maximum Gasteiger partial charge on any atom is 0.117 e. The van der Waals surface area contributed by atoms with E-state index in [1.54, 1.807) is 20.1 Å².